The van der Waals surface area contributed by atoms with Gasteiger partial charge in [-0.3, -0.25) is 4.79 Å². The number of hydrogen-bond donors (Lipinski definition) is 2. The van der Waals surface area contributed by atoms with Gasteiger partial charge in [-0.15, -0.1) is 0 Å². The molecule has 0 aliphatic heterocycles. The van der Waals surface area contributed by atoms with E-state index in [1.54, 1.807) is 7.11 Å². The van der Waals surface area contributed by atoms with Crippen molar-refractivity contribution in [1.82, 2.24) is 5.32 Å². The molecule has 19 heavy (non-hydrogen) atoms. The van der Waals surface area contributed by atoms with E-state index >= 15 is 0 Å². The summed E-state index contributed by atoms with van der Waals surface area (Å²) in [5.41, 5.74) is 7.85. The molecule has 106 valence electrons. The van der Waals surface area contributed by atoms with E-state index in [-0.39, 0.29) is 11.9 Å². The molecule has 1 atom stereocenters. The summed E-state index contributed by atoms with van der Waals surface area (Å²) in [5.74, 6) is 0.0813. The standard InChI is InChI=1S/C15H24N2O2/c1-12(16)5-3-8-15(18)17-10-13-6-4-7-14(9-13)11-19-2/h4,6-7,9,12H,3,5,8,10-11,16H2,1-2H3,(H,17,18). The van der Waals surface area contributed by atoms with Crippen molar-refractivity contribution in [3.63, 3.8) is 0 Å². The third kappa shape index (κ3) is 6.94. The molecule has 1 aromatic carbocycles. The largest absolute Gasteiger partial charge is 0.380 e. The molecule has 0 bridgehead atoms. The molecule has 0 aliphatic rings. The monoisotopic (exact) mass is 264 g/mol. The van der Waals surface area contributed by atoms with E-state index in [0.29, 0.717) is 19.6 Å². The second-order valence-corrected chi connectivity index (χ2v) is 4.90. The molecule has 0 radical (unpaired) electrons. The predicted octanol–water partition coefficient (Wildman–Crippen LogP) is 1.97. The van der Waals surface area contributed by atoms with Crippen LogP contribution in [0.2, 0.25) is 0 Å². The van der Waals surface area contributed by atoms with Crippen LogP contribution in [0.25, 0.3) is 0 Å². The number of benzene rings is 1. The molecule has 0 aromatic heterocycles. The van der Waals surface area contributed by atoms with Crippen molar-refractivity contribution in [3.05, 3.63) is 35.4 Å². The van der Waals surface area contributed by atoms with Crippen LogP contribution in [0.4, 0.5) is 0 Å². The number of methoxy groups -OCH3 is 1. The number of rotatable bonds is 8. The summed E-state index contributed by atoms with van der Waals surface area (Å²) in [4.78, 5) is 11.6. The summed E-state index contributed by atoms with van der Waals surface area (Å²) in [6.07, 6.45) is 2.27. The second kappa shape index (κ2) is 8.67. The Morgan fingerprint density at radius 1 is 1.42 bits per heavy atom. The van der Waals surface area contributed by atoms with Gasteiger partial charge in [0.05, 0.1) is 6.61 Å². The van der Waals surface area contributed by atoms with Crippen LogP contribution in [0.5, 0.6) is 0 Å². The predicted molar refractivity (Wildman–Crippen MR) is 76.5 cm³/mol. The lowest BCUT2D eigenvalue weighted by Gasteiger charge is -2.08. The van der Waals surface area contributed by atoms with Gasteiger partial charge < -0.3 is 15.8 Å². The van der Waals surface area contributed by atoms with Gasteiger partial charge in [-0.2, -0.15) is 0 Å². The Morgan fingerprint density at radius 3 is 2.84 bits per heavy atom. The smallest absolute Gasteiger partial charge is 0.220 e. The number of carbonyl (C=O) groups excluding carboxylic acids is 1. The van der Waals surface area contributed by atoms with Crippen LogP contribution in [0.1, 0.15) is 37.3 Å². The molecule has 1 unspecified atom stereocenters. The van der Waals surface area contributed by atoms with Gasteiger partial charge in [-0.05, 0) is 30.9 Å². The average Bonchev–Trinajstić information content (AvgIpc) is 2.37. The van der Waals surface area contributed by atoms with Gasteiger partial charge in [0.25, 0.3) is 0 Å². The molecule has 0 heterocycles. The summed E-state index contributed by atoms with van der Waals surface area (Å²) in [6.45, 7) is 3.12. The Labute approximate surface area is 115 Å². The second-order valence-electron chi connectivity index (χ2n) is 4.90. The number of carbonyl (C=O) groups is 1. The Balaban J connectivity index is 2.31. The molecule has 1 rings (SSSR count). The number of nitrogens with one attached hydrogen (secondary N) is 1. The maximum absolute atomic E-state index is 11.6. The lowest BCUT2D eigenvalue weighted by Crippen LogP contribution is -2.23. The first-order chi connectivity index (χ1) is 9.11. The van der Waals surface area contributed by atoms with Crippen molar-refractivity contribution in [2.24, 2.45) is 5.73 Å². The fourth-order valence-corrected chi connectivity index (χ4v) is 1.87. The van der Waals surface area contributed by atoms with Crippen LogP contribution in [0.3, 0.4) is 0 Å². The van der Waals surface area contributed by atoms with E-state index in [1.807, 2.05) is 31.2 Å². The number of hydrogen-bond acceptors (Lipinski definition) is 3. The average molecular weight is 264 g/mol. The maximum Gasteiger partial charge on any atom is 0.220 e. The van der Waals surface area contributed by atoms with Gasteiger partial charge >= 0.3 is 0 Å². The lowest BCUT2D eigenvalue weighted by atomic mass is 10.1. The van der Waals surface area contributed by atoms with Crippen LogP contribution >= 0.6 is 0 Å². The van der Waals surface area contributed by atoms with Crippen LogP contribution in [-0.4, -0.2) is 19.1 Å². The first-order valence-electron chi connectivity index (χ1n) is 6.71. The molecule has 0 aliphatic carbocycles. The molecule has 0 fully saturated rings. The molecule has 4 nitrogen and oxygen atoms in total. The Kier molecular flexibility index (Phi) is 7.15. The molecular formula is C15H24N2O2. The van der Waals surface area contributed by atoms with Crippen LogP contribution < -0.4 is 11.1 Å². The van der Waals surface area contributed by atoms with Crippen molar-refractivity contribution < 1.29 is 9.53 Å². The summed E-state index contributed by atoms with van der Waals surface area (Å²) >= 11 is 0. The Hall–Kier alpha value is -1.39. The fraction of sp³-hybridized carbons (Fsp3) is 0.533. The zero-order chi connectivity index (χ0) is 14.1. The Bertz CT molecular complexity index is 391. The maximum atomic E-state index is 11.6. The number of ether oxygens (including phenoxy) is 1. The van der Waals surface area contributed by atoms with E-state index in [2.05, 4.69) is 5.32 Å². The van der Waals surface area contributed by atoms with Crippen LogP contribution in [0.15, 0.2) is 24.3 Å². The minimum atomic E-state index is 0.0813. The summed E-state index contributed by atoms with van der Waals surface area (Å²) in [6, 6.07) is 8.20. The number of amides is 1. The fourth-order valence-electron chi connectivity index (χ4n) is 1.87. The zero-order valence-corrected chi connectivity index (χ0v) is 11.8. The highest BCUT2D eigenvalue weighted by Crippen LogP contribution is 2.06. The van der Waals surface area contributed by atoms with E-state index in [9.17, 15) is 4.79 Å². The molecule has 0 saturated heterocycles. The van der Waals surface area contributed by atoms with Crippen molar-refractivity contribution in [1.29, 1.82) is 0 Å². The summed E-state index contributed by atoms with van der Waals surface area (Å²) < 4.78 is 5.08. The van der Waals surface area contributed by atoms with Gasteiger partial charge in [0, 0.05) is 26.1 Å². The van der Waals surface area contributed by atoms with E-state index in [4.69, 9.17) is 10.5 Å². The van der Waals surface area contributed by atoms with Gasteiger partial charge in [0.2, 0.25) is 5.91 Å². The van der Waals surface area contributed by atoms with Crippen molar-refractivity contribution in [3.8, 4) is 0 Å². The highest BCUT2D eigenvalue weighted by Gasteiger charge is 2.03. The normalized spacial score (nSPS) is 12.2. The van der Waals surface area contributed by atoms with E-state index in [0.717, 1.165) is 24.0 Å². The topological polar surface area (TPSA) is 64.3 Å². The van der Waals surface area contributed by atoms with Gasteiger partial charge in [0.1, 0.15) is 0 Å². The lowest BCUT2D eigenvalue weighted by molar-refractivity contribution is -0.121. The zero-order valence-electron chi connectivity index (χ0n) is 11.8. The first-order valence-corrected chi connectivity index (χ1v) is 6.71. The van der Waals surface area contributed by atoms with Crippen LogP contribution in [0, 0.1) is 0 Å². The van der Waals surface area contributed by atoms with Crippen molar-refractivity contribution >= 4 is 5.91 Å². The van der Waals surface area contributed by atoms with Gasteiger partial charge in [-0.1, -0.05) is 24.3 Å². The van der Waals surface area contributed by atoms with Crippen LogP contribution in [-0.2, 0) is 22.7 Å². The third-order valence-electron chi connectivity index (χ3n) is 2.86. The quantitative estimate of drug-likeness (QED) is 0.754. The Morgan fingerprint density at radius 2 is 2.16 bits per heavy atom. The van der Waals surface area contributed by atoms with E-state index in [1.165, 1.54) is 0 Å². The molecule has 4 heteroatoms. The summed E-state index contributed by atoms with van der Waals surface area (Å²) in [5, 5.41) is 2.92. The molecule has 1 amide bonds. The minimum absolute atomic E-state index is 0.0813. The molecule has 0 saturated carbocycles. The SMILES string of the molecule is COCc1cccc(CNC(=O)CCCC(C)N)c1. The molecule has 0 spiro atoms. The highest BCUT2D eigenvalue weighted by molar-refractivity contribution is 5.75. The van der Waals surface area contributed by atoms with Crippen molar-refractivity contribution in [2.75, 3.05) is 7.11 Å². The van der Waals surface area contributed by atoms with Gasteiger partial charge in [-0.25, -0.2) is 0 Å². The third-order valence-corrected chi connectivity index (χ3v) is 2.86. The highest BCUT2D eigenvalue weighted by atomic mass is 16.5. The summed E-state index contributed by atoms with van der Waals surface area (Å²) in [7, 11) is 1.67. The molecular weight excluding hydrogens is 240 g/mol. The molecule has 1 aromatic rings. The van der Waals surface area contributed by atoms with Gasteiger partial charge in [0.15, 0.2) is 0 Å². The minimum Gasteiger partial charge on any atom is -0.380 e. The van der Waals surface area contributed by atoms with E-state index < -0.39 is 0 Å². The number of nitrogens with two attached hydrogens (primary N) is 1. The van der Waals surface area contributed by atoms with Crippen molar-refractivity contribution in [2.45, 2.75) is 45.4 Å². The first kappa shape index (κ1) is 15.7. The molecule has 3 N–H and O–H groups in total.